The molecule has 0 heterocycles. The first-order valence-electron chi connectivity index (χ1n) is 17.5. The molecule has 2 fully saturated rings. The number of rotatable bonds is 17. The van der Waals surface area contributed by atoms with Gasteiger partial charge in [-0.1, -0.05) is 7.43 Å². The lowest BCUT2D eigenvalue weighted by Gasteiger charge is -2.16. The highest BCUT2D eigenvalue weighted by molar-refractivity contribution is 7.91. The van der Waals surface area contributed by atoms with Crippen LogP contribution in [0, 0.1) is 11.8 Å². The van der Waals surface area contributed by atoms with Crippen LogP contribution in [-0.2, 0) is 24.5 Å². The molecule has 1 atom stereocenters. The van der Waals surface area contributed by atoms with Gasteiger partial charge < -0.3 is 42.8 Å². The smallest absolute Gasteiger partial charge is 0.239 e. The number of phenols is 1. The first-order valence-corrected chi connectivity index (χ1v) is 20.8. The Labute approximate surface area is 322 Å². The number of benzene rings is 4. The van der Waals surface area contributed by atoms with Gasteiger partial charge in [-0.3, -0.25) is 9.79 Å². The molecule has 0 unspecified atom stereocenters. The van der Waals surface area contributed by atoms with Crippen LogP contribution in [0.1, 0.15) is 46.0 Å². The van der Waals surface area contributed by atoms with Gasteiger partial charge in [-0.15, -0.1) is 0 Å². The number of sulfone groups is 2. The van der Waals surface area contributed by atoms with Crippen LogP contribution in [0.4, 0.5) is 11.4 Å². The molecule has 16 heteroatoms. The van der Waals surface area contributed by atoms with Crippen molar-refractivity contribution < 1.29 is 36.2 Å². The predicted molar refractivity (Wildman–Crippen MR) is 215 cm³/mol. The molecular formula is C39H50N6O8S2. The lowest BCUT2D eigenvalue weighted by Crippen LogP contribution is -2.35. The van der Waals surface area contributed by atoms with Crippen LogP contribution in [0.25, 0.3) is 0 Å². The molecule has 0 aromatic heterocycles. The van der Waals surface area contributed by atoms with E-state index >= 15 is 0 Å². The minimum absolute atomic E-state index is 0. The van der Waals surface area contributed by atoms with Crippen molar-refractivity contribution in [2.24, 2.45) is 34.0 Å². The molecule has 0 bridgehead atoms. The molecular weight excluding hydrogens is 745 g/mol. The number of primary amides is 1. The summed E-state index contributed by atoms with van der Waals surface area (Å²) in [4.78, 5) is 16.2. The molecule has 14 nitrogen and oxygen atoms in total. The topological polar surface area (TPSA) is 253 Å². The van der Waals surface area contributed by atoms with Crippen molar-refractivity contribution in [3.63, 3.8) is 0 Å². The van der Waals surface area contributed by atoms with Gasteiger partial charge in [0.05, 0.1) is 27.0 Å². The SMILES string of the molecule is C.NC(=O)[C@H](CCCN=C(N)N)Nc1ccc(Oc2ccc(S(=O)(=O)CC3CC3)cc2)cc1.Nc1ccc(Oc2ccc(S(=O)(=O)CC3CC3)cc2)cc1O. The highest BCUT2D eigenvalue weighted by Crippen LogP contribution is 2.34. The predicted octanol–water partition coefficient (Wildman–Crippen LogP) is 5.57. The van der Waals surface area contributed by atoms with Crippen molar-refractivity contribution in [3.8, 4) is 28.7 Å². The van der Waals surface area contributed by atoms with Crippen molar-refractivity contribution in [1.29, 1.82) is 0 Å². The summed E-state index contributed by atoms with van der Waals surface area (Å²) in [5, 5.41) is 12.6. The van der Waals surface area contributed by atoms with Crippen LogP contribution in [0.5, 0.6) is 28.7 Å². The van der Waals surface area contributed by atoms with Gasteiger partial charge in [0.15, 0.2) is 25.6 Å². The van der Waals surface area contributed by atoms with Crippen LogP contribution in [0.3, 0.4) is 0 Å². The Morgan fingerprint density at radius 3 is 1.58 bits per heavy atom. The van der Waals surface area contributed by atoms with E-state index < -0.39 is 31.6 Å². The second kappa shape index (κ2) is 18.7. The zero-order valence-corrected chi connectivity index (χ0v) is 31.3. The molecule has 0 saturated heterocycles. The summed E-state index contributed by atoms with van der Waals surface area (Å²) in [7, 11) is -6.46. The van der Waals surface area contributed by atoms with Gasteiger partial charge in [0.1, 0.15) is 34.8 Å². The summed E-state index contributed by atoms with van der Waals surface area (Å²) in [5.41, 5.74) is 22.6. The highest BCUT2D eigenvalue weighted by atomic mass is 32.2. The third-order valence-electron chi connectivity index (χ3n) is 8.63. The zero-order valence-electron chi connectivity index (χ0n) is 29.6. The van der Waals surface area contributed by atoms with Crippen LogP contribution in [0.2, 0.25) is 0 Å². The van der Waals surface area contributed by atoms with E-state index in [2.05, 4.69) is 10.3 Å². The lowest BCUT2D eigenvalue weighted by molar-refractivity contribution is -0.118. The Kier molecular flexibility index (Phi) is 14.4. The normalized spacial score (nSPS) is 14.3. The number of hydrogen-bond acceptors (Lipinski definition) is 11. The molecule has 10 N–H and O–H groups in total. The van der Waals surface area contributed by atoms with Crippen molar-refractivity contribution in [1.82, 2.24) is 0 Å². The Hall–Kier alpha value is -5.48. The molecule has 0 radical (unpaired) electrons. The summed E-state index contributed by atoms with van der Waals surface area (Å²) in [6.07, 6.45) is 5.07. The summed E-state index contributed by atoms with van der Waals surface area (Å²) in [6, 6.07) is 23.8. The number of nitrogens with two attached hydrogens (primary N) is 4. The number of ether oxygens (including phenoxy) is 2. The minimum atomic E-state index is -3.24. The first kappa shape index (κ1) is 42.3. The van der Waals surface area contributed by atoms with Crippen LogP contribution in [-0.4, -0.2) is 57.9 Å². The number of guanidine groups is 1. The quantitative estimate of drug-likeness (QED) is 0.0252. The van der Waals surface area contributed by atoms with Gasteiger partial charge in [-0.05, 0) is 135 Å². The summed E-state index contributed by atoms with van der Waals surface area (Å²) in [6.45, 7) is 0.418. The number of nitrogens with zero attached hydrogens (tertiary/aromatic N) is 1. The van der Waals surface area contributed by atoms with Gasteiger partial charge in [-0.25, -0.2) is 16.8 Å². The van der Waals surface area contributed by atoms with Crippen LogP contribution in [0.15, 0.2) is 106 Å². The number of carbonyl (C=O) groups excluding carboxylic acids is 1. The fraction of sp³-hybridized carbons (Fsp3) is 0.333. The number of nitrogen functional groups attached to an aromatic ring is 1. The average Bonchev–Trinajstić information content (AvgIpc) is 4.08. The van der Waals surface area contributed by atoms with E-state index in [0.29, 0.717) is 69.7 Å². The molecule has 4 aromatic carbocycles. The maximum absolute atomic E-state index is 12.3. The third kappa shape index (κ3) is 13.4. The zero-order chi connectivity index (χ0) is 38.9. The molecule has 6 rings (SSSR count). The Morgan fingerprint density at radius 2 is 1.16 bits per heavy atom. The Morgan fingerprint density at radius 1 is 0.727 bits per heavy atom. The van der Waals surface area contributed by atoms with Gasteiger partial charge >= 0.3 is 0 Å². The number of phenolic OH excluding ortho intramolecular Hbond substituents is 1. The van der Waals surface area contributed by atoms with Crippen molar-refractivity contribution >= 4 is 42.9 Å². The van der Waals surface area contributed by atoms with Crippen LogP contribution >= 0.6 is 0 Å². The van der Waals surface area contributed by atoms with E-state index in [0.717, 1.165) is 25.7 Å². The van der Waals surface area contributed by atoms with E-state index in [1.807, 2.05) is 0 Å². The number of anilines is 2. The Bertz CT molecular complexity index is 2130. The molecule has 1 amide bonds. The second-order valence-electron chi connectivity index (χ2n) is 13.4. The molecule has 2 aliphatic rings. The summed E-state index contributed by atoms with van der Waals surface area (Å²) in [5.74, 6) is 2.58. The van der Waals surface area contributed by atoms with E-state index in [1.54, 1.807) is 84.9 Å². The van der Waals surface area contributed by atoms with Gasteiger partial charge in [0, 0.05) is 18.3 Å². The number of aliphatic imine (C=N–C) groups is 1. The lowest BCUT2D eigenvalue weighted by atomic mass is 10.1. The minimum Gasteiger partial charge on any atom is -0.506 e. The monoisotopic (exact) mass is 794 g/mol. The molecule has 0 aliphatic heterocycles. The van der Waals surface area contributed by atoms with E-state index in [-0.39, 0.29) is 36.3 Å². The van der Waals surface area contributed by atoms with Gasteiger partial charge in [0.2, 0.25) is 5.91 Å². The molecule has 296 valence electrons. The van der Waals surface area contributed by atoms with Gasteiger partial charge in [0.25, 0.3) is 0 Å². The molecule has 2 saturated carbocycles. The molecule has 55 heavy (non-hydrogen) atoms. The van der Waals surface area contributed by atoms with E-state index in [4.69, 9.17) is 32.4 Å². The molecule has 0 spiro atoms. The third-order valence-corrected chi connectivity index (χ3v) is 12.4. The first-order chi connectivity index (χ1) is 25.7. The maximum atomic E-state index is 12.3. The number of aromatic hydroxyl groups is 1. The second-order valence-corrected chi connectivity index (χ2v) is 17.5. The number of amides is 1. The summed E-state index contributed by atoms with van der Waals surface area (Å²) < 4.78 is 60.3. The molecule has 4 aromatic rings. The number of hydrogen-bond donors (Lipinski definition) is 6. The highest BCUT2D eigenvalue weighted by Gasteiger charge is 2.30. The summed E-state index contributed by atoms with van der Waals surface area (Å²) >= 11 is 0. The standard InChI is InChI=1S/C22H29N5O4S.C16H17NO4S.CH4/c23-21(28)20(2-1-13-26-22(24)25)27-16-5-7-17(8-6-16)31-18-9-11-19(12-10-18)32(29,30)14-15-3-4-15;17-15-8-5-13(9-16(15)18)21-12-3-6-14(7-4-12)22(19,20)10-11-1-2-11;/h5-12,15,20,27H,1-4,13-14H2,(H2,23,28)(H4,24,25,26);3-9,11,18H,1-2,10,17H2;1H4/t20-;;/m0../s1. The Balaban J connectivity index is 0.000000256. The van der Waals surface area contributed by atoms with Crippen molar-refractivity contribution in [2.75, 3.05) is 29.1 Å². The number of nitrogens with one attached hydrogen (secondary N) is 1. The van der Waals surface area contributed by atoms with Crippen molar-refractivity contribution in [2.45, 2.75) is 61.8 Å². The van der Waals surface area contributed by atoms with E-state index in [9.17, 15) is 26.7 Å². The largest absolute Gasteiger partial charge is 0.506 e. The van der Waals surface area contributed by atoms with Crippen LogP contribution < -0.4 is 37.7 Å². The van der Waals surface area contributed by atoms with Gasteiger partial charge in [-0.2, -0.15) is 0 Å². The number of carbonyl (C=O) groups is 1. The maximum Gasteiger partial charge on any atom is 0.239 e. The average molecular weight is 795 g/mol. The van der Waals surface area contributed by atoms with E-state index in [1.165, 1.54) is 6.07 Å². The fourth-order valence-corrected chi connectivity index (χ4v) is 8.68. The van der Waals surface area contributed by atoms with Crippen molar-refractivity contribution in [3.05, 3.63) is 91.0 Å². The molecule has 2 aliphatic carbocycles. The fourth-order valence-electron chi connectivity index (χ4n) is 5.28.